The van der Waals surface area contributed by atoms with Crippen molar-refractivity contribution in [1.82, 2.24) is 4.98 Å². The molecule has 1 unspecified atom stereocenters. The molecule has 1 aromatic heterocycles. The second-order valence-corrected chi connectivity index (χ2v) is 4.07. The molecule has 88 valence electrons. The van der Waals surface area contributed by atoms with Crippen LogP contribution in [-0.2, 0) is 4.79 Å². The molecule has 3 N–H and O–H groups in total. The molecular formula is C10H13ClN2O3. The first-order valence-corrected chi connectivity index (χ1v) is 5.03. The molecule has 1 aromatic rings. The van der Waals surface area contributed by atoms with Gasteiger partial charge in [0.05, 0.1) is 22.9 Å². The Morgan fingerprint density at radius 3 is 2.88 bits per heavy atom. The standard InChI is InChI=1S/C10H13ClN2O3/c1-6-8(11)7(3-4-12-6)13-5-10(2,16)9(14)15/h3-4,16H,5H2,1-2H3,(H,12,13)(H,14,15). The number of aliphatic carboxylic acids is 1. The van der Waals surface area contributed by atoms with Crippen molar-refractivity contribution in [2.45, 2.75) is 19.4 Å². The molecule has 0 aliphatic heterocycles. The van der Waals surface area contributed by atoms with Crippen LogP contribution in [0, 0.1) is 6.92 Å². The number of nitrogens with zero attached hydrogens (tertiary/aromatic N) is 1. The highest BCUT2D eigenvalue weighted by molar-refractivity contribution is 6.33. The van der Waals surface area contributed by atoms with Crippen LogP contribution in [0.5, 0.6) is 0 Å². The van der Waals surface area contributed by atoms with Gasteiger partial charge in [-0.05, 0) is 19.9 Å². The number of rotatable bonds is 4. The number of aryl methyl sites for hydroxylation is 1. The highest BCUT2D eigenvalue weighted by Gasteiger charge is 2.29. The van der Waals surface area contributed by atoms with E-state index in [2.05, 4.69) is 10.3 Å². The minimum absolute atomic E-state index is 0.133. The van der Waals surface area contributed by atoms with Crippen molar-refractivity contribution in [1.29, 1.82) is 0 Å². The largest absolute Gasteiger partial charge is 0.479 e. The molecule has 0 radical (unpaired) electrons. The highest BCUT2D eigenvalue weighted by atomic mass is 35.5. The van der Waals surface area contributed by atoms with E-state index in [1.54, 1.807) is 19.2 Å². The van der Waals surface area contributed by atoms with E-state index >= 15 is 0 Å². The molecule has 6 heteroatoms. The third-order valence-electron chi connectivity index (χ3n) is 2.15. The number of carboxylic acid groups (broad SMARTS) is 1. The molecule has 0 saturated heterocycles. The van der Waals surface area contributed by atoms with Crippen LogP contribution >= 0.6 is 11.6 Å². The molecule has 0 aliphatic carbocycles. The Morgan fingerprint density at radius 2 is 2.31 bits per heavy atom. The summed E-state index contributed by atoms with van der Waals surface area (Å²) in [6, 6.07) is 1.62. The van der Waals surface area contributed by atoms with Crippen molar-refractivity contribution < 1.29 is 15.0 Å². The maximum absolute atomic E-state index is 10.7. The predicted molar refractivity (Wildman–Crippen MR) is 60.7 cm³/mol. The zero-order valence-electron chi connectivity index (χ0n) is 8.99. The maximum Gasteiger partial charge on any atom is 0.337 e. The smallest absolute Gasteiger partial charge is 0.337 e. The van der Waals surface area contributed by atoms with Gasteiger partial charge >= 0.3 is 5.97 Å². The van der Waals surface area contributed by atoms with Gasteiger partial charge in [0.2, 0.25) is 0 Å². The summed E-state index contributed by atoms with van der Waals surface area (Å²) in [5.74, 6) is -1.29. The topological polar surface area (TPSA) is 82.5 Å². The SMILES string of the molecule is Cc1nccc(NCC(C)(O)C(=O)O)c1Cl. The van der Waals surface area contributed by atoms with Crippen molar-refractivity contribution in [2.75, 3.05) is 11.9 Å². The molecule has 0 fully saturated rings. The Labute approximate surface area is 98.1 Å². The fraction of sp³-hybridized carbons (Fsp3) is 0.400. The van der Waals surface area contributed by atoms with Crippen LogP contribution in [0.1, 0.15) is 12.6 Å². The molecule has 1 heterocycles. The molecule has 0 aliphatic rings. The third-order valence-corrected chi connectivity index (χ3v) is 2.62. The number of carboxylic acids is 1. The molecule has 1 rings (SSSR count). The van der Waals surface area contributed by atoms with Gasteiger partial charge in [0.15, 0.2) is 5.60 Å². The van der Waals surface area contributed by atoms with Gasteiger partial charge in [-0.1, -0.05) is 11.6 Å². The Morgan fingerprint density at radius 1 is 1.69 bits per heavy atom. The van der Waals surface area contributed by atoms with E-state index in [1.807, 2.05) is 0 Å². The van der Waals surface area contributed by atoms with Crippen LogP contribution < -0.4 is 5.32 Å². The number of nitrogens with one attached hydrogen (secondary N) is 1. The van der Waals surface area contributed by atoms with E-state index < -0.39 is 11.6 Å². The molecule has 5 nitrogen and oxygen atoms in total. The van der Waals surface area contributed by atoms with Crippen LogP contribution in [-0.4, -0.2) is 33.3 Å². The molecule has 0 amide bonds. The minimum Gasteiger partial charge on any atom is -0.479 e. The number of pyridine rings is 1. The van der Waals surface area contributed by atoms with E-state index in [-0.39, 0.29) is 6.54 Å². The van der Waals surface area contributed by atoms with Crippen molar-refractivity contribution in [3.05, 3.63) is 23.0 Å². The van der Waals surface area contributed by atoms with Gasteiger partial charge in [-0.2, -0.15) is 0 Å². The number of aliphatic hydroxyl groups is 1. The molecule has 0 bridgehead atoms. The quantitative estimate of drug-likeness (QED) is 0.744. The molecule has 0 spiro atoms. The van der Waals surface area contributed by atoms with Gasteiger partial charge in [-0.3, -0.25) is 4.98 Å². The summed E-state index contributed by atoms with van der Waals surface area (Å²) >= 11 is 5.95. The molecule has 16 heavy (non-hydrogen) atoms. The Kier molecular flexibility index (Phi) is 3.72. The fourth-order valence-corrected chi connectivity index (χ4v) is 1.21. The summed E-state index contributed by atoms with van der Waals surface area (Å²) in [4.78, 5) is 14.6. The Balaban J connectivity index is 2.76. The van der Waals surface area contributed by atoms with Gasteiger partial charge in [0.1, 0.15) is 0 Å². The molecular weight excluding hydrogens is 232 g/mol. The summed E-state index contributed by atoms with van der Waals surface area (Å²) in [5.41, 5.74) is -0.641. The van der Waals surface area contributed by atoms with Crippen LogP contribution in [0.4, 0.5) is 5.69 Å². The number of hydrogen-bond acceptors (Lipinski definition) is 4. The van der Waals surface area contributed by atoms with Crippen molar-refractivity contribution in [3.63, 3.8) is 0 Å². The maximum atomic E-state index is 10.7. The van der Waals surface area contributed by atoms with Gasteiger partial charge < -0.3 is 15.5 Å². The average Bonchev–Trinajstić information content (AvgIpc) is 2.20. The monoisotopic (exact) mass is 244 g/mol. The Hall–Kier alpha value is -1.33. The second-order valence-electron chi connectivity index (χ2n) is 3.69. The summed E-state index contributed by atoms with van der Waals surface area (Å²) in [6.07, 6.45) is 1.55. The normalized spacial score (nSPS) is 14.2. The van der Waals surface area contributed by atoms with Gasteiger partial charge in [-0.25, -0.2) is 4.79 Å². The van der Waals surface area contributed by atoms with Crippen LogP contribution in [0.3, 0.4) is 0 Å². The van der Waals surface area contributed by atoms with Crippen molar-refractivity contribution in [3.8, 4) is 0 Å². The molecule has 0 saturated carbocycles. The van der Waals surface area contributed by atoms with E-state index in [9.17, 15) is 9.90 Å². The first-order chi connectivity index (χ1) is 7.34. The summed E-state index contributed by atoms with van der Waals surface area (Å²) in [6.45, 7) is 2.82. The number of aromatic nitrogens is 1. The van der Waals surface area contributed by atoms with Crippen LogP contribution in [0.15, 0.2) is 12.3 Å². The lowest BCUT2D eigenvalue weighted by molar-refractivity contribution is -0.155. The predicted octanol–water partition coefficient (Wildman–Crippen LogP) is 1.29. The zero-order chi connectivity index (χ0) is 12.3. The lowest BCUT2D eigenvalue weighted by atomic mass is 10.1. The number of carbonyl (C=O) groups is 1. The van der Waals surface area contributed by atoms with Crippen LogP contribution in [0.25, 0.3) is 0 Å². The highest BCUT2D eigenvalue weighted by Crippen LogP contribution is 2.23. The minimum atomic E-state index is -1.83. The van der Waals surface area contributed by atoms with Gasteiger partial charge in [0, 0.05) is 6.20 Å². The molecule has 0 aromatic carbocycles. The summed E-state index contributed by atoms with van der Waals surface area (Å²) in [7, 11) is 0. The van der Waals surface area contributed by atoms with E-state index in [4.69, 9.17) is 16.7 Å². The Bertz CT molecular complexity index is 407. The fourth-order valence-electron chi connectivity index (χ4n) is 1.03. The van der Waals surface area contributed by atoms with Crippen molar-refractivity contribution >= 4 is 23.3 Å². The number of anilines is 1. The van der Waals surface area contributed by atoms with Crippen LogP contribution in [0.2, 0.25) is 5.02 Å². The van der Waals surface area contributed by atoms with E-state index in [0.29, 0.717) is 16.4 Å². The lowest BCUT2D eigenvalue weighted by Gasteiger charge is -2.19. The summed E-state index contributed by atoms with van der Waals surface area (Å²) < 4.78 is 0. The van der Waals surface area contributed by atoms with E-state index in [1.165, 1.54) is 6.92 Å². The second kappa shape index (κ2) is 4.67. The zero-order valence-corrected chi connectivity index (χ0v) is 9.75. The van der Waals surface area contributed by atoms with Gasteiger partial charge in [-0.15, -0.1) is 0 Å². The number of hydrogen-bond donors (Lipinski definition) is 3. The van der Waals surface area contributed by atoms with Gasteiger partial charge in [0.25, 0.3) is 0 Å². The average molecular weight is 245 g/mol. The summed E-state index contributed by atoms with van der Waals surface area (Å²) in [5, 5.41) is 21.4. The van der Waals surface area contributed by atoms with Crippen molar-refractivity contribution in [2.24, 2.45) is 0 Å². The number of halogens is 1. The third kappa shape index (κ3) is 2.84. The molecule has 1 atom stereocenters. The first-order valence-electron chi connectivity index (χ1n) is 4.65. The first kappa shape index (κ1) is 12.7. The van der Waals surface area contributed by atoms with E-state index in [0.717, 1.165) is 0 Å². The lowest BCUT2D eigenvalue weighted by Crippen LogP contribution is -2.41.